The van der Waals surface area contributed by atoms with E-state index in [9.17, 15) is 4.39 Å². The molecule has 0 saturated heterocycles. The molecule has 19 heavy (non-hydrogen) atoms. The summed E-state index contributed by atoms with van der Waals surface area (Å²) in [5, 5.41) is 0. The molecule has 0 radical (unpaired) electrons. The normalized spacial score (nSPS) is 12.5. The fourth-order valence-electron chi connectivity index (χ4n) is 1.78. The van der Waals surface area contributed by atoms with Crippen LogP contribution in [0.15, 0.2) is 60.2 Å². The van der Waals surface area contributed by atoms with Crippen molar-refractivity contribution < 1.29 is 4.39 Å². The first-order valence-electron chi connectivity index (χ1n) is 6.33. The molecule has 0 atom stereocenters. The SMILES string of the molecule is C=C(C)C(/C=C(\C)C(=C)c1ccc(C)c(F)c1)=C/C. The lowest BCUT2D eigenvalue weighted by atomic mass is 9.96. The van der Waals surface area contributed by atoms with Crippen LogP contribution in [0.2, 0.25) is 0 Å². The van der Waals surface area contributed by atoms with Crippen molar-refractivity contribution in [3.05, 3.63) is 77.2 Å². The van der Waals surface area contributed by atoms with E-state index in [4.69, 9.17) is 0 Å². The average molecular weight is 256 g/mol. The minimum absolute atomic E-state index is 0.197. The summed E-state index contributed by atoms with van der Waals surface area (Å²) in [5.41, 5.74) is 5.39. The molecule has 0 amide bonds. The molecule has 0 aliphatic carbocycles. The second-order valence-electron chi connectivity index (χ2n) is 4.79. The molecule has 0 N–H and O–H groups in total. The first kappa shape index (κ1) is 15.2. The third kappa shape index (κ3) is 3.78. The van der Waals surface area contributed by atoms with Gasteiger partial charge in [-0.3, -0.25) is 0 Å². The third-order valence-corrected chi connectivity index (χ3v) is 3.17. The van der Waals surface area contributed by atoms with Crippen LogP contribution in [0.4, 0.5) is 4.39 Å². The van der Waals surface area contributed by atoms with Gasteiger partial charge in [-0.05, 0) is 61.6 Å². The van der Waals surface area contributed by atoms with Crippen LogP contribution in [-0.4, -0.2) is 0 Å². The lowest BCUT2D eigenvalue weighted by molar-refractivity contribution is 0.618. The van der Waals surface area contributed by atoms with Crippen LogP contribution in [-0.2, 0) is 0 Å². The lowest BCUT2D eigenvalue weighted by Gasteiger charge is -2.09. The van der Waals surface area contributed by atoms with Gasteiger partial charge in [-0.1, -0.05) is 43.0 Å². The predicted octanol–water partition coefficient (Wildman–Crippen LogP) is 5.62. The van der Waals surface area contributed by atoms with Crippen molar-refractivity contribution in [2.24, 2.45) is 0 Å². The molecule has 100 valence electrons. The molecular formula is C18H21F. The van der Waals surface area contributed by atoms with Gasteiger partial charge in [0.1, 0.15) is 5.82 Å². The van der Waals surface area contributed by atoms with Gasteiger partial charge in [0.25, 0.3) is 0 Å². The van der Waals surface area contributed by atoms with Crippen LogP contribution < -0.4 is 0 Å². The fourth-order valence-corrected chi connectivity index (χ4v) is 1.78. The van der Waals surface area contributed by atoms with Crippen molar-refractivity contribution in [2.75, 3.05) is 0 Å². The summed E-state index contributed by atoms with van der Waals surface area (Å²) in [4.78, 5) is 0. The van der Waals surface area contributed by atoms with E-state index < -0.39 is 0 Å². The Bertz CT molecular complexity index is 571. The van der Waals surface area contributed by atoms with Crippen LogP contribution in [0, 0.1) is 12.7 Å². The Morgan fingerprint density at radius 2 is 1.84 bits per heavy atom. The molecule has 0 saturated carbocycles. The molecule has 1 rings (SSSR count). The third-order valence-electron chi connectivity index (χ3n) is 3.17. The zero-order valence-corrected chi connectivity index (χ0v) is 12.2. The Kier molecular flexibility index (Phi) is 5.05. The Balaban J connectivity index is 3.09. The maximum atomic E-state index is 13.6. The summed E-state index contributed by atoms with van der Waals surface area (Å²) in [5.74, 6) is -0.197. The second kappa shape index (κ2) is 6.33. The number of rotatable bonds is 4. The van der Waals surface area contributed by atoms with Crippen LogP contribution >= 0.6 is 0 Å². The van der Waals surface area contributed by atoms with E-state index in [1.165, 1.54) is 6.07 Å². The Hall–Kier alpha value is -1.89. The second-order valence-corrected chi connectivity index (χ2v) is 4.79. The van der Waals surface area contributed by atoms with Gasteiger partial charge in [0.15, 0.2) is 0 Å². The molecule has 0 aromatic heterocycles. The van der Waals surface area contributed by atoms with Crippen LogP contribution in [0.25, 0.3) is 5.57 Å². The standard InChI is InChI=1S/C18H21F/c1-7-16(12(2)3)10-14(5)15(6)17-9-8-13(4)18(19)11-17/h7-11H,2,6H2,1,3-5H3/b14-10+,16-7+. The monoisotopic (exact) mass is 256 g/mol. The van der Waals surface area contributed by atoms with Gasteiger partial charge in [0.05, 0.1) is 0 Å². The van der Waals surface area contributed by atoms with Crippen molar-refractivity contribution in [3.63, 3.8) is 0 Å². The topological polar surface area (TPSA) is 0 Å². The average Bonchev–Trinajstić information content (AvgIpc) is 2.37. The molecule has 0 bridgehead atoms. The summed E-state index contributed by atoms with van der Waals surface area (Å²) in [7, 11) is 0. The zero-order valence-electron chi connectivity index (χ0n) is 12.2. The van der Waals surface area contributed by atoms with Gasteiger partial charge in [-0.15, -0.1) is 0 Å². The molecule has 0 aliphatic rings. The summed E-state index contributed by atoms with van der Waals surface area (Å²) in [6.07, 6.45) is 4.04. The van der Waals surface area contributed by atoms with Crippen molar-refractivity contribution in [2.45, 2.75) is 27.7 Å². The highest BCUT2D eigenvalue weighted by Gasteiger charge is 2.05. The number of halogens is 1. The highest BCUT2D eigenvalue weighted by atomic mass is 19.1. The molecule has 1 heteroatoms. The van der Waals surface area contributed by atoms with E-state index in [1.54, 1.807) is 13.0 Å². The zero-order chi connectivity index (χ0) is 14.6. The highest BCUT2D eigenvalue weighted by molar-refractivity contribution is 5.77. The van der Waals surface area contributed by atoms with E-state index in [-0.39, 0.29) is 5.82 Å². The Morgan fingerprint density at radius 3 is 2.32 bits per heavy atom. The van der Waals surface area contributed by atoms with Crippen LogP contribution in [0.5, 0.6) is 0 Å². The van der Waals surface area contributed by atoms with Crippen molar-refractivity contribution in [3.8, 4) is 0 Å². The largest absolute Gasteiger partial charge is 0.207 e. The van der Waals surface area contributed by atoms with Gasteiger partial charge in [0, 0.05) is 0 Å². The van der Waals surface area contributed by atoms with Crippen molar-refractivity contribution >= 4 is 5.57 Å². The molecule has 0 fully saturated rings. The van der Waals surface area contributed by atoms with Gasteiger partial charge in [0.2, 0.25) is 0 Å². The van der Waals surface area contributed by atoms with Crippen LogP contribution in [0.1, 0.15) is 31.9 Å². The smallest absolute Gasteiger partial charge is 0.126 e. The molecule has 0 aliphatic heterocycles. The molecule has 0 heterocycles. The van der Waals surface area contributed by atoms with Crippen LogP contribution in [0.3, 0.4) is 0 Å². The summed E-state index contributed by atoms with van der Waals surface area (Å²) in [6, 6.07) is 5.21. The Labute approximate surface area is 115 Å². The number of hydrogen-bond acceptors (Lipinski definition) is 0. The summed E-state index contributed by atoms with van der Waals surface area (Å²) in [6.45, 7) is 15.7. The molecule has 0 unspecified atom stereocenters. The van der Waals surface area contributed by atoms with Crippen molar-refractivity contribution in [1.29, 1.82) is 0 Å². The van der Waals surface area contributed by atoms with Gasteiger partial charge < -0.3 is 0 Å². The predicted molar refractivity (Wildman–Crippen MR) is 82.5 cm³/mol. The lowest BCUT2D eigenvalue weighted by Crippen LogP contribution is -1.90. The maximum absolute atomic E-state index is 13.6. The molecular weight excluding hydrogens is 235 g/mol. The summed E-state index contributed by atoms with van der Waals surface area (Å²) < 4.78 is 13.6. The summed E-state index contributed by atoms with van der Waals surface area (Å²) >= 11 is 0. The van der Waals surface area contributed by atoms with Gasteiger partial charge in [-0.25, -0.2) is 4.39 Å². The first-order chi connectivity index (χ1) is 8.86. The van der Waals surface area contributed by atoms with Gasteiger partial charge in [-0.2, -0.15) is 0 Å². The van der Waals surface area contributed by atoms with Gasteiger partial charge >= 0.3 is 0 Å². The highest BCUT2D eigenvalue weighted by Crippen LogP contribution is 2.24. The minimum Gasteiger partial charge on any atom is -0.207 e. The number of allylic oxidation sites excluding steroid dienone is 6. The molecule has 1 aromatic carbocycles. The fraction of sp³-hybridized carbons (Fsp3) is 0.222. The van der Waals surface area contributed by atoms with E-state index in [1.807, 2.05) is 39.0 Å². The maximum Gasteiger partial charge on any atom is 0.126 e. The van der Waals surface area contributed by atoms with E-state index >= 15 is 0 Å². The number of hydrogen-bond donors (Lipinski definition) is 0. The minimum atomic E-state index is -0.197. The van der Waals surface area contributed by atoms with E-state index in [0.717, 1.165) is 27.9 Å². The van der Waals surface area contributed by atoms with Crippen molar-refractivity contribution in [1.82, 2.24) is 0 Å². The number of benzene rings is 1. The first-order valence-corrected chi connectivity index (χ1v) is 6.33. The van der Waals surface area contributed by atoms with E-state index in [2.05, 4.69) is 13.2 Å². The molecule has 0 spiro atoms. The number of aryl methyl sites for hydroxylation is 1. The quantitative estimate of drug-likeness (QED) is 0.614. The van der Waals surface area contributed by atoms with E-state index in [0.29, 0.717) is 5.56 Å². The Morgan fingerprint density at radius 1 is 1.21 bits per heavy atom. The molecule has 0 nitrogen and oxygen atoms in total. The molecule has 1 aromatic rings.